The van der Waals surface area contributed by atoms with Crippen LogP contribution in [0, 0.1) is 11.3 Å². The van der Waals surface area contributed by atoms with Gasteiger partial charge in [0.1, 0.15) is 0 Å². The van der Waals surface area contributed by atoms with E-state index in [0.717, 1.165) is 0 Å². The standard InChI is InChI=1S/C11H20O4/c1-11(2,3)8(7-10(14)15)5-4-6-9(12)13/h8H,4-7H2,1-3H3,(H,12,13)(H,14,15). The monoisotopic (exact) mass is 216 g/mol. The number of carbonyl (C=O) groups is 2. The van der Waals surface area contributed by atoms with E-state index in [9.17, 15) is 9.59 Å². The molecule has 0 aliphatic carbocycles. The van der Waals surface area contributed by atoms with Gasteiger partial charge in [0.2, 0.25) is 0 Å². The highest BCUT2D eigenvalue weighted by atomic mass is 16.4. The Labute approximate surface area is 90.3 Å². The first kappa shape index (κ1) is 13.9. The summed E-state index contributed by atoms with van der Waals surface area (Å²) in [4.78, 5) is 21.0. The minimum Gasteiger partial charge on any atom is -0.481 e. The Hall–Kier alpha value is -1.06. The second kappa shape index (κ2) is 5.73. The Morgan fingerprint density at radius 2 is 1.67 bits per heavy atom. The zero-order valence-electron chi connectivity index (χ0n) is 9.62. The fourth-order valence-electron chi connectivity index (χ4n) is 1.55. The van der Waals surface area contributed by atoms with Crippen LogP contribution in [-0.2, 0) is 9.59 Å². The highest BCUT2D eigenvalue weighted by Crippen LogP contribution is 2.32. The quantitative estimate of drug-likeness (QED) is 0.714. The van der Waals surface area contributed by atoms with Crippen molar-refractivity contribution >= 4 is 11.9 Å². The van der Waals surface area contributed by atoms with E-state index in [4.69, 9.17) is 10.2 Å². The van der Waals surface area contributed by atoms with Gasteiger partial charge in [-0.1, -0.05) is 20.8 Å². The molecule has 4 nitrogen and oxygen atoms in total. The third-order valence-corrected chi connectivity index (χ3v) is 2.59. The topological polar surface area (TPSA) is 74.6 Å². The maximum absolute atomic E-state index is 10.6. The van der Waals surface area contributed by atoms with Crippen LogP contribution in [0.25, 0.3) is 0 Å². The smallest absolute Gasteiger partial charge is 0.303 e. The van der Waals surface area contributed by atoms with Crippen molar-refractivity contribution in [2.24, 2.45) is 11.3 Å². The maximum Gasteiger partial charge on any atom is 0.303 e. The number of carboxylic acids is 2. The van der Waals surface area contributed by atoms with Gasteiger partial charge in [0.15, 0.2) is 0 Å². The van der Waals surface area contributed by atoms with Gasteiger partial charge in [0.05, 0.1) is 0 Å². The van der Waals surface area contributed by atoms with Crippen molar-refractivity contribution in [2.45, 2.75) is 46.5 Å². The van der Waals surface area contributed by atoms with E-state index >= 15 is 0 Å². The number of aliphatic carboxylic acids is 2. The third-order valence-electron chi connectivity index (χ3n) is 2.59. The molecular formula is C11H20O4. The van der Waals surface area contributed by atoms with E-state index in [1.165, 1.54) is 0 Å². The van der Waals surface area contributed by atoms with Crippen molar-refractivity contribution in [1.82, 2.24) is 0 Å². The van der Waals surface area contributed by atoms with Crippen molar-refractivity contribution in [3.63, 3.8) is 0 Å². The van der Waals surface area contributed by atoms with Gasteiger partial charge in [-0.25, -0.2) is 0 Å². The maximum atomic E-state index is 10.6. The largest absolute Gasteiger partial charge is 0.481 e. The Bertz CT molecular complexity index is 227. The zero-order valence-corrected chi connectivity index (χ0v) is 9.62. The number of hydrogen-bond donors (Lipinski definition) is 2. The number of hydrogen-bond acceptors (Lipinski definition) is 2. The minimum absolute atomic E-state index is 0.0364. The van der Waals surface area contributed by atoms with E-state index in [-0.39, 0.29) is 24.2 Å². The van der Waals surface area contributed by atoms with Crippen molar-refractivity contribution in [1.29, 1.82) is 0 Å². The molecule has 0 saturated heterocycles. The first-order valence-corrected chi connectivity index (χ1v) is 5.17. The molecule has 15 heavy (non-hydrogen) atoms. The first-order chi connectivity index (χ1) is 6.73. The molecule has 0 aliphatic rings. The van der Waals surface area contributed by atoms with Gasteiger partial charge in [-0.15, -0.1) is 0 Å². The molecule has 1 atom stereocenters. The van der Waals surface area contributed by atoms with Gasteiger partial charge in [-0.3, -0.25) is 9.59 Å². The molecule has 2 N–H and O–H groups in total. The fourth-order valence-corrected chi connectivity index (χ4v) is 1.55. The van der Waals surface area contributed by atoms with Crippen molar-refractivity contribution in [2.75, 3.05) is 0 Å². The second-order valence-electron chi connectivity index (χ2n) is 4.95. The van der Waals surface area contributed by atoms with Gasteiger partial charge < -0.3 is 10.2 Å². The Kier molecular flexibility index (Phi) is 5.33. The molecule has 0 amide bonds. The molecule has 0 aliphatic heterocycles. The fraction of sp³-hybridized carbons (Fsp3) is 0.818. The molecule has 88 valence electrons. The van der Waals surface area contributed by atoms with E-state index in [1.807, 2.05) is 20.8 Å². The molecule has 0 rings (SSSR count). The van der Waals surface area contributed by atoms with Crippen LogP contribution < -0.4 is 0 Å². The molecule has 0 aromatic heterocycles. The average Bonchev–Trinajstić information content (AvgIpc) is 1.99. The Balaban J connectivity index is 4.14. The zero-order chi connectivity index (χ0) is 12.1. The molecule has 0 aromatic rings. The van der Waals surface area contributed by atoms with Crippen LogP contribution in [0.3, 0.4) is 0 Å². The lowest BCUT2D eigenvalue weighted by atomic mass is 9.76. The van der Waals surface area contributed by atoms with Crippen LogP contribution in [0.15, 0.2) is 0 Å². The number of carboxylic acid groups (broad SMARTS) is 2. The molecule has 0 saturated carbocycles. The summed E-state index contributed by atoms with van der Waals surface area (Å²) in [6, 6.07) is 0. The summed E-state index contributed by atoms with van der Waals surface area (Å²) in [6.45, 7) is 5.96. The lowest BCUT2D eigenvalue weighted by molar-refractivity contribution is -0.139. The van der Waals surface area contributed by atoms with Gasteiger partial charge in [0, 0.05) is 12.8 Å². The van der Waals surface area contributed by atoms with Crippen LogP contribution in [0.1, 0.15) is 46.5 Å². The molecule has 1 unspecified atom stereocenters. The summed E-state index contributed by atoms with van der Waals surface area (Å²) in [7, 11) is 0. The predicted octanol–water partition coefficient (Wildman–Crippen LogP) is 2.38. The number of rotatable bonds is 6. The highest BCUT2D eigenvalue weighted by Gasteiger charge is 2.26. The molecule has 0 fully saturated rings. The van der Waals surface area contributed by atoms with E-state index in [1.54, 1.807) is 0 Å². The van der Waals surface area contributed by atoms with E-state index in [0.29, 0.717) is 12.8 Å². The molecule has 4 heteroatoms. The van der Waals surface area contributed by atoms with Crippen LogP contribution in [-0.4, -0.2) is 22.2 Å². The second-order valence-corrected chi connectivity index (χ2v) is 4.95. The summed E-state index contributed by atoms with van der Waals surface area (Å²) in [5.41, 5.74) is -0.0864. The summed E-state index contributed by atoms with van der Waals surface area (Å²) < 4.78 is 0. The van der Waals surface area contributed by atoms with Gasteiger partial charge in [-0.05, 0) is 24.2 Å². The van der Waals surface area contributed by atoms with Crippen LogP contribution >= 0.6 is 0 Å². The Morgan fingerprint density at radius 3 is 2.00 bits per heavy atom. The summed E-state index contributed by atoms with van der Waals surface area (Å²) in [5, 5.41) is 17.2. The van der Waals surface area contributed by atoms with Gasteiger partial charge in [-0.2, -0.15) is 0 Å². The molecule has 0 spiro atoms. The average molecular weight is 216 g/mol. The lowest BCUT2D eigenvalue weighted by Crippen LogP contribution is -2.23. The van der Waals surface area contributed by atoms with Crippen LogP contribution in [0.5, 0.6) is 0 Å². The minimum atomic E-state index is -0.821. The lowest BCUT2D eigenvalue weighted by Gasteiger charge is -2.29. The highest BCUT2D eigenvalue weighted by molar-refractivity contribution is 5.67. The summed E-state index contributed by atoms with van der Waals surface area (Å²) in [6.07, 6.45) is 1.43. The van der Waals surface area contributed by atoms with Crippen molar-refractivity contribution in [3.05, 3.63) is 0 Å². The first-order valence-electron chi connectivity index (χ1n) is 5.17. The van der Waals surface area contributed by atoms with Crippen molar-refractivity contribution < 1.29 is 19.8 Å². The summed E-state index contributed by atoms with van der Waals surface area (Å²) in [5.74, 6) is -1.60. The van der Waals surface area contributed by atoms with Gasteiger partial charge >= 0.3 is 11.9 Å². The molecule has 0 aromatic carbocycles. The molecule has 0 bridgehead atoms. The normalized spacial score (nSPS) is 13.5. The SMILES string of the molecule is CC(C)(C)C(CCCC(=O)O)CC(=O)O. The van der Waals surface area contributed by atoms with Crippen LogP contribution in [0.4, 0.5) is 0 Å². The molecule has 0 radical (unpaired) electrons. The van der Waals surface area contributed by atoms with E-state index < -0.39 is 11.9 Å². The molecule has 0 heterocycles. The van der Waals surface area contributed by atoms with Gasteiger partial charge in [0.25, 0.3) is 0 Å². The van der Waals surface area contributed by atoms with E-state index in [2.05, 4.69) is 0 Å². The third kappa shape index (κ3) is 6.94. The summed E-state index contributed by atoms with van der Waals surface area (Å²) >= 11 is 0. The molecular weight excluding hydrogens is 196 g/mol. The predicted molar refractivity (Wildman–Crippen MR) is 56.7 cm³/mol. The Morgan fingerprint density at radius 1 is 1.13 bits per heavy atom. The van der Waals surface area contributed by atoms with Crippen LogP contribution in [0.2, 0.25) is 0 Å². The van der Waals surface area contributed by atoms with Crippen molar-refractivity contribution in [3.8, 4) is 0 Å².